The highest BCUT2D eigenvalue weighted by molar-refractivity contribution is 6.01. The van der Waals surface area contributed by atoms with Crippen LogP contribution in [0.15, 0.2) is 16.7 Å². The summed E-state index contributed by atoms with van der Waals surface area (Å²) in [5.74, 6) is 0.666. The molecule has 8 nitrogen and oxygen atoms in total. The second kappa shape index (κ2) is 7.73. The van der Waals surface area contributed by atoms with Gasteiger partial charge in [-0.1, -0.05) is 19.0 Å². The van der Waals surface area contributed by atoms with Gasteiger partial charge in [0.25, 0.3) is 0 Å². The second-order valence-electron chi connectivity index (χ2n) is 7.02. The van der Waals surface area contributed by atoms with Gasteiger partial charge in [-0.15, -0.1) is 0 Å². The van der Waals surface area contributed by atoms with Crippen molar-refractivity contribution in [3.05, 3.63) is 35.2 Å². The minimum atomic E-state index is -0.480. The predicted molar refractivity (Wildman–Crippen MR) is 96.7 cm³/mol. The minimum absolute atomic E-state index is 0.112. The van der Waals surface area contributed by atoms with Gasteiger partial charge in [0.15, 0.2) is 5.82 Å². The number of urea groups is 1. The fourth-order valence-electron chi connectivity index (χ4n) is 2.84. The topological polar surface area (TPSA) is 100 Å². The van der Waals surface area contributed by atoms with Gasteiger partial charge in [-0.05, 0) is 30.0 Å². The average Bonchev–Trinajstić information content (AvgIpc) is 3.01. The van der Waals surface area contributed by atoms with Gasteiger partial charge in [0, 0.05) is 19.9 Å². The summed E-state index contributed by atoms with van der Waals surface area (Å²) in [7, 11) is 1.56. The van der Waals surface area contributed by atoms with Gasteiger partial charge in [-0.25, -0.2) is 9.18 Å². The van der Waals surface area contributed by atoms with Crippen LogP contribution >= 0.6 is 0 Å². The van der Waals surface area contributed by atoms with Crippen LogP contribution in [0.4, 0.5) is 20.6 Å². The number of benzene rings is 1. The number of nitrogens with one attached hydrogen (secondary N) is 2. The van der Waals surface area contributed by atoms with E-state index in [1.165, 1.54) is 17.0 Å². The molecule has 144 valence electrons. The normalized spacial score (nSPS) is 13.3. The molecule has 9 heteroatoms. The zero-order valence-corrected chi connectivity index (χ0v) is 15.5. The Morgan fingerprint density at radius 2 is 2.19 bits per heavy atom. The summed E-state index contributed by atoms with van der Waals surface area (Å²) >= 11 is 0. The number of hydrogen-bond acceptors (Lipinski definition) is 5. The second-order valence-corrected chi connectivity index (χ2v) is 7.02. The first-order chi connectivity index (χ1) is 12.8. The zero-order valence-electron chi connectivity index (χ0n) is 15.5. The van der Waals surface area contributed by atoms with E-state index < -0.39 is 11.8 Å². The van der Waals surface area contributed by atoms with Gasteiger partial charge in [0.1, 0.15) is 12.4 Å². The molecule has 3 rings (SSSR count). The van der Waals surface area contributed by atoms with Crippen molar-refractivity contribution in [2.45, 2.75) is 39.7 Å². The number of amides is 3. The quantitative estimate of drug-likeness (QED) is 0.837. The van der Waals surface area contributed by atoms with E-state index >= 15 is 0 Å². The van der Waals surface area contributed by atoms with Gasteiger partial charge in [-0.2, -0.15) is 4.98 Å². The number of anilines is 2. The Labute approximate surface area is 156 Å². The first kappa shape index (κ1) is 18.8. The third kappa shape index (κ3) is 4.60. The van der Waals surface area contributed by atoms with E-state index in [9.17, 15) is 14.0 Å². The Hall–Kier alpha value is -2.97. The fourth-order valence-corrected chi connectivity index (χ4v) is 2.84. The van der Waals surface area contributed by atoms with Crippen LogP contribution in [0.2, 0.25) is 0 Å². The Bertz CT molecular complexity index is 865. The Morgan fingerprint density at radius 3 is 2.93 bits per heavy atom. The molecule has 1 aliphatic rings. The molecule has 2 heterocycles. The third-order valence-corrected chi connectivity index (χ3v) is 4.13. The summed E-state index contributed by atoms with van der Waals surface area (Å²) in [4.78, 5) is 29.7. The molecular weight excluding hydrogens is 353 g/mol. The van der Waals surface area contributed by atoms with Crippen molar-refractivity contribution >= 4 is 23.3 Å². The van der Waals surface area contributed by atoms with Crippen molar-refractivity contribution < 1.29 is 18.5 Å². The molecule has 2 aromatic rings. The molecule has 27 heavy (non-hydrogen) atoms. The summed E-state index contributed by atoms with van der Waals surface area (Å²) < 4.78 is 19.0. The molecule has 1 aliphatic heterocycles. The van der Waals surface area contributed by atoms with Gasteiger partial charge < -0.3 is 20.1 Å². The Morgan fingerprint density at radius 1 is 1.41 bits per heavy atom. The van der Waals surface area contributed by atoms with Crippen LogP contribution in [0.5, 0.6) is 0 Å². The lowest BCUT2D eigenvalue weighted by Gasteiger charge is -2.22. The molecule has 1 aromatic carbocycles. The number of halogens is 1. The minimum Gasteiger partial charge on any atom is -0.337 e. The molecule has 2 N–H and O–H groups in total. The zero-order chi connectivity index (χ0) is 19.6. The lowest BCUT2D eigenvalue weighted by Crippen LogP contribution is -2.32. The van der Waals surface area contributed by atoms with E-state index in [0.29, 0.717) is 48.1 Å². The summed E-state index contributed by atoms with van der Waals surface area (Å²) in [5, 5.41) is 9.21. The molecule has 0 unspecified atom stereocenters. The van der Waals surface area contributed by atoms with E-state index in [1.807, 2.05) is 13.8 Å². The van der Waals surface area contributed by atoms with Crippen molar-refractivity contribution in [3.63, 3.8) is 0 Å². The molecule has 0 spiro atoms. The maximum Gasteiger partial charge on any atom is 0.322 e. The van der Waals surface area contributed by atoms with Gasteiger partial charge in [0.2, 0.25) is 11.8 Å². The lowest BCUT2D eigenvalue weighted by molar-refractivity contribution is -0.116. The smallest absolute Gasteiger partial charge is 0.322 e. The highest BCUT2D eigenvalue weighted by atomic mass is 19.1. The monoisotopic (exact) mass is 375 g/mol. The van der Waals surface area contributed by atoms with Crippen molar-refractivity contribution in [2.24, 2.45) is 5.92 Å². The number of aryl methyl sites for hydroxylation is 1. The number of nitrogens with zero attached hydrogens (tertiary/aromatic N) is 3. The van der Waals surface area contributed by atoms with E-state index in [0.717, 1.165) is 0 Å². The molecule has 0 saturated heterocycles. The van der Waals surface area contributed by atoms with E-state index in [-0.39, 0.29) is 18.1 Å². The van der Waals surface area contributed by atoms with Crippen molar-refractivity contribution in [1.82, 2.24) is 15.0 Å². The number of rotatable bonds is 5. The Balaban J connectivity index is 1.69. The van der Waals surface area contributed by atoms with Gasteiger partial charge in [-0.3, -0.25) is 4.79 Å². The van der Waals surface area contributed by atoms with Crippen LogP contribution in [0, 0.1) is 11.7 Å². The molecule has 3 amide bonds. The highest BCUT2D eigenvalue weighted by Crippen LogP contribution is 2.32. The lowest BCUT2D eigenvalue weighted by atomic mass is 10.0. The third-order valence-electron chi connectivity index (χ3n) is 4.13. The van der Waals surface area contributed by atoms with Gasteiger partial charge in [0.05, 0.1) is 11.4 Å². The summed E-state index contributed by atoms with van der Waals surface area (Å²) in [6.45, 7) is 4.21. The predicted octanol–water partition coefficient (Wildman–Crippen LogP) is 2.96. The number of aromatic nitrogens is 2. The summed E-state index contributed by atoms with van der Waals surface area (Å²) in [6.07, 6.45) is 1.41. The highest BCUT2D eigenvalue weighted by Gasteiger charge is 2.22. The van der Waals surface area contributed by atoms with Crippen LogP contribution in [-0.2, 0) is 24.2 Å². The SMILES string of the molecule is CC(C)Cc1noc(CN(C)C(=O)Nc2cc(F)cc3c2NC(=O)CC3)n1. The standard InChI is InChI=1S/C18H22FN5O3/c1-10(2)6-14-21-16(27-23-14)9-24(3)18(26)20-13-8-12(19)7-11-4-5-15(25)22-17(11)13/h7-8,10H,4-6,9H2,1-3H3,(H,20,26)(H,22,25). The molecule has 0 fully saturated rings. The molecule has 0 saturated carbocycles. The first-order valence-corrected chi connectivity index (χ1v) is 8.77. The molecular formula is C18H22FN5O3. The number of carbonyl (C=O) groups is 2. The number of fused-ring (bicyclic) bond motifs is 1. The maximum absolute atomic E-state index is 13.8. The molecule has 1 aromatic heterocycles. The van der Waals surface area contributed by atoms with Crippen LogP contribution in [0.3, 0.4) is 0 Å². The van der Waals surface area contributed by atoms with Crippen LogP contribution in [-0.4, -0.2) is 34.0 Å². The maximum atomic E-state index is 13.8. The van der Waals surface area contributed by atoms with Crippen LogP contribution in [0.25, 0.3) is 0 Å². The first-order valence-electron chi connectivity index (χ1n) is 8.77. The number of hydrogen-bond donors (Lipinski definition) is 2. The molecule has 0 aliphatic carbocycles. The van der Waals surface area contributed by atoms with E-state index in [1.54, 1.807) is 7.05 Å². The van der Waals surface area contributed by atoms with Crippen molar-refractivity contribution in [2.75, 3.05) is 17.7 Å². The molecule has 0 bridgehead atoms. The fraction of sp³-hybridized carbons (Fsp3) is 0.444. The summed E-state index contributed by atoms with van der Waals surface area (Å²) in [5.41, 5.74) is 1.31. The molecule has 0 radical (unpaired) electrons. The van der Waals surface area contributed by atoms with Crippen molar-refractivity contribution in [1.29, 1.82) is 0 Å². The largest absolute Gasteiger partial charge is 0.337 e. The molecule has 0 atom stereocenters. The van der Waals surface area contributed by atoms with E-state index in [4.69, 9.17) is 4.52 Å². The van der Waals surface area contributed by atoms with Gasteiger partial charge >= 0.3 is 6.03 Å². The number of carbonyl (C=O) groups excluding carboxylic acids is 2. The average molecular weight is 375 g/mol. The van der Waals surface area contributed by atoms with E-state index in [2.05, 4.69) is 20.8 Å². The van der Waals surface area contributed by atoms with Crippen LogP contribution in [0.1, 0.15) is 37.5 Å². The summed E-state index contributed by atoms with van der Waals surface area (Å²) in [6, 6.07) is 2.07. The Kier molecular flexibility index (Phi) is 5.38. The van der Waals surface area contributed by atoms with Crippen molar-refractivity contribution in [3.8, 4) is 0 Å². The van der Waals surface area contributed by atoms with Crippen LogP contribution < -0.4 is 10.6 Å².